The molecule has 10 nitrogen and oxygen atoms in total. The zero-order chi connectivity index (χ0) is 39.1. The van der Waals surface area contributed by atoms with Gasteiger partial charge in [0.15, 0.2) is 6.10 Å². The molecule has 3 N–H and O–H groups in total. The van der Waals surface area contributed by atoms with Crippen LogP contribution in [0.4, 0.5) is 0 Å². The van der Waals surface area contributed by atoms with E-state index in [0.717, 1.165) is 51.4 Å². The largest absolute Gasteiger partial charge is 0.472 e. The Balaban J connectivity index is 4.25. The van der Waals surface area contributed by atoms with Crippen molar-refractivity contribution in [2.45, 2.75) is 205 Å². The molecule has 312 valence electrons. The monoisotopic (exact) mass is 775 g/mol. The number of aliphatic hydroxyl groups excluding tert-OH is 2. The zero-order valence-electron chi connectivity index (χ0n) is 33.4. The number of aliphatic hydroxyl groups is 2. The third-order valence-electron chi connectivity index (χ3n) is 9.37. The van der Waals surface area contributed by atoms with E-state index in [2.05, 4.69) is 17.7 Å². The van der Waals surface area contributed by atoms with Crippen LogP contribution in [-0.2, 0) is 32.7 Å². The molecule has 0 aliphatic rings. The van der Waals surface area contributed by atoms with Gasteiger partial charge in [-0.2, -0.15) is 0 Å². The average molecular weight is 775 g/mol. The van der Waals surface area contributed by atoms with E-state index in [1.807, 2.05) is 12.2 Å². The van der Waals surface area contributed by atoms with Gasteiger partial charge in [-0.25, -0.2) is 4.57 Å². The molecular formula is C42H79O10P. The molecule has 11 heteroatoms. The van der Waals surface area contributed by atoms with Crippen molar-refractivity contribution in [1.82, 2.24) is 0 Å². The number of phosphoric acid groups is 1. The number of ether oxygens (including phenoxy) is 2. The smallest absolute Gasteiger partial charge is 0.462 e. The van der Waals surface area contributed by atoms with Crippen LogP contribution in [0.3, 0.4) is 0 Å². The number of hydrogen-bond acceptors (Lipinski definition) is 9. The van der Waals surface area contributed by atoms with Crippen molar-refractivity contribution in [2.24, 2.45) is 0 Å². The lowest BCUT2D eigenvalue weighted by Gasteiger charge is -2.20. The standard InChI is InChI=1S/C42H79O10P/c1-3-5-7-9-11-13-15-17-19-21-23-25-27-29-31-33-41(45)49-37-40(38-51-53(47,48)50-36-39(44)35-43)52-42(46)34-32-30-28-26-24-22-20-18-16-14-12-10-8-6-4-2/h3-4,39-40,43-44H,1-2,5-38H2,(H,47,48)/t39-,40+/m0/s1. The van der Waals surface area contributed by atoms with Crippen LogP contribution in [0.5, 0.6) is 0 Å². The first-order valence-corrected chi connectivity index (χ1v) is 22.7. The fourth-order valence-corrected chi connectivity index (χ4v) is 6.86. The molecule has 0 radical (unpaired) electrons. The molecule has 0 fully saturated rings. The Labute approximate surface area is 323 Å². The molecule has 0 aromatic heterocycles. The minimum absolute atomic E-state index is 0.184. The molecule has 1 unspecified atom stereocenters. The number of allylic oxidation sites excluding steroid dienone is 2. The Bertz CT molecular complexity index is 914. The number of hydrogen-bond donors (Lipinski definition) is 3. The molecule has 0 aromatic carbocycles. The van der Waals surface area contributed by atoms with Crippen molar-refractivity contribution in [2.75, 3.05) is 26.4 Å². The summed E-state index contributed by atoms with van der Waals surface area (Å²) in [5, 5.41) is 18.3. The molecule has 0 saturated heterocycles. The lowest BCUT2D eigenvalue weighted by atomic mass is 10.0. The normalized spacial score (nSPS) is 13.6. The second-order valence-corrected chi connectivity index (χ2v) is 16.0. The molecule has 0 rings (SSSR count). The SMILES string of the molecule is C=CCCCCCCCCCCCCCCCC(=O)OC[C@H](COP(=O)(O)OC[C@@H](O)CO)OC(=O)CCCCCCCCCCCCCCCC=C. The lowest BCUT2D eigenvalue weighted by molar-refractivity contribution is -0.161. The van der Waals surface area contributed by atoms with E-state index in [9.17, 15) is 24.2 Å². The highest BCUT2D eigenvalue weighted by Gasteiger charge is 2.27. The maximum Gasteiger partial charge on any atom is 0.472 e. The van der Waals surface area contributed by atoms with Crippen molar-refractivity contribution in [1.29, 1.82) is 0 Å². The maximum atomic E-state index is 12.6. The van der Waals surface area contributed by atoms with Crippen LogP contribution in [0.15, 0.2) is 25.3 Å². The quantitative estimate of drug-likeness (QED) is 0.0237. The Hall–Kier alpha value is -1.55. The van der Waals surface area contributed by atoms with Crippen LogP contribution in [0.25, 0.3) is 0 Å². The number of phosphoric ester groups is 1. The molecule has 0 aromatic rings. The number of esters is 2. The molecule has 0 spiro atoms. The Kier molecular flexibility index (Phi) is 37.6. The molecule has 0 heterocycles. The van der Waals surface area contributed by atoms with Crippen molar-refractivity contribution in [3.05, 3.63) is 25.3 Å². The van der Waals surface area contributed by atoms with Crippen LogP contribution >= 0.6 is 7.82 Å². The molecule has 0 amide bonds. The Morgan fingerprint density at radius 3 is 1.25 bits per heavy atom. The van der Waals surface area contributed by atoms with E-state index in [1.165, 1.54) is 116 Å². The maximum absolute atomic E-state index is 12.6. The van der Waals surface area contributed by atoms with Gasteiger partial charge in [0.1, 0.15) is 12.7 Å². The molecule has 0 aliphatic carbocycles. The number of carbonyl (C=O) groups excluding carboxylic acids is 2. The number of unbranched alkanes of at least 4 members (excludes halogenated alkanes) is 26. The summed E-state index contributed by atoms with van der Waals surface area (Å²) >= 11 is 0. The minimum atomic E-state index is -4.61. The Morgan fingerprint density at radius 1 is 0.528 bits per heavy atom. The third-order valence-corrected chi connectivity index (χ3v) is 10.3. The van der Waals surface area contributed by atoms with Gasteiger partial charge in [0.05, 0.1) is 19.8 Å². The predicted molar refractivity (Wildman–Crippen MR) is 215 cm³/mol. The molecule has 3 atom stereocenters. The van der Waals surface area contributed by atoms with Crippen LogP contribution in [0.2, 0.25) is 0 Å². The van der Waals surface area contributed by atoms with Gasteiger partial charge < -0.3 is 24.6 Å². The van der Waals surface area contributed by atoms with Crippen molar-refractivity contribution in [3.8, 4) is 0 Å². The van der Waals surface area contributed by atoms with Gasteiger partial charge in [-0.1, -0.05) is 153 Å². The van der Waals surface area contributed by atoms with Crippen molar-refractivity contribution < 1.29 is 47.8 Å². The summed E-state index contributed by atoms with van der Waals surface area (Å²) in [6.07, 6.45) is 35.0. The van der Waals surface area contributed by atoms with Crippen LogP contribution < -0.4 is 0 Å². The average Bonchev–Trinajstić information content (AvgIpc) is 3.14. The zero-order valence-corrected chi connectivity index (χ0v) is 34.3. The summed E-state index contributed by atoms with van der Waals surface area (Å²) in [7, 11) is -4.61. The van der Waals surface area contributed by atoms with E-state index in [1.54, 1.807) is 0 Å². The second kappa shape index (κ2) is 38.7. The fraction of sp³-hybridized carbons (Fsp3) is 0.857. The molecule has 0 saturated carbocycles. The van der Waals surface area contributed by atoms with Gasteiger partial charge in [-0.3, -0.25) is 18.6 Å². The van der Waals surface area contributed by atoms with Gasteiger partial charge in [-0.05, 0) is 38.5 Å². The van der Waals surface area contributed by atoms with Crippen LogP contribution in [-0.4, -0.2) is 65.7 Å². The van der Waals surface area contributed by atoms with Crippen LogP contribution in [0, 0.1) is 0 Å². The van der Waals surface area contributed by atoms with E-state index in [4.69, 9.17) is 19.1 Å². The number of carbonyl (C=O) groups is 2. The first-order chi connectivity index (χ1) is 25.7. The van der Waals surface area contributed by atoms with Crippen LogP contribution in [0.1, 0.15) is 193 Å². The van der Waals surface area contributed by atoms with Gasteiger partial charge in [0.25, 0.3) is 0 Å². The minimum Gasteiger partial charge on any atom is -0.462 e. The van der Waals surface area contributed by atoms with Crippen molar-refractivity contribution >= 4 is 19.8 Å². The molecular weight excluding hydrogens is 695 g/mol. The van der Waals surface area contributed by atoms with E-state index in [-0.39, 0.29) is 19.4 Å². The van der Waals surface area contributed by atoms with Gasteiger partial charge in [-0.15, -0.1) is 13.2 Å². The summed E-state index contributed by atoms with van der Waals surface area (Å²) in [5.74, 6) is -0.924. The number of rotatable bonds is 42. The summed E-state index contributed by atoms with van der Waals surface area (Å²) in [4.78, 5) is 34.9. The van der Waals surface area contributed by atoms with E-state index < -0.39 is 51.8 Å². The summed E-state index contributed by atoms with van der Waals surface area (Å²) in [6, 6.07) is 0. The van der Waals surface area contributed by atoms with Gasteiger partial charge in [0, 0.05) is 12.8 Å². The Morgan fingerprint density at radius 2 is 0.868 bits per heavy atom. The first-order valence-electron chi connectivity index (χ1n) is 21.2. The van der Waals surface area contributed by atoms with Crippen molar-refractivity contribution in [3.63, 3.8) is 0 Å². The fourth-order valence-electron chi connectivity index (χ4n) is 6.07. The molecule has 0 aliphatic heterocycles. The molecule has 53 heavy (non-hydrogen) atoms. The third kappa shape index (κ3) is 38.5. The molecule has 0 bridgehead atoms. The summed E-state index contributed by atoms with van der Waals surface area (Å²) in [5.41, 5.74) is 0. The highest BCUT2D eigenvalue weighted by Crippen LogP contribution is 2.43. The van der Waals surface area contributed by atoms with Gasteiger partial charge >= 0.3 is 19.8 Å². The second-order valence-electron chi connectivity index (χ2n) is 14.5. The summed E-state index contributed by atoms with van der Waals surface area (Å²) in [6.45, 7) is 5.43. The lowest BCUT2D eigenvalue weighted by Crippen LogP contribution is -2.29. The summed E-state index contributed by atoms with van der Waals surface area (Å²) < 4.78 is 32.7. The topological polar surface area (TPSA) is 149 Å². The highest BCUT2D eigenvalue weighted by molar-refractivity contribution is 7.47. The van der Waals surface area contributed by atoms with E-state index >= 15 is 0 Å². The predicted octanol–water partition coefficient (Wildman–Crippen LogP) is 11.0. The van der Waals surface area contributed by atoms with Gasteiger partial charge in [0.2, 0.25) is 0 Å². The first kappa shape index (κ1) is 51.5. The highest BCUT2D eigenvalue weighted by atomic mass is 31.2. The van der Waals surface area contributed by atoms with E-state index in [0.29, 0.717) is 12.8 Å².